The van der Waals surface area contributed by atoms with Gasteiger partial charge in [-0.25, -0.2) is 37.3 Å². The van der Waals surface area contributed by atoms with E-state index in [9.17, 15) is 0 Å². The van der Waals surface area contributed by atoms with Gasteiger partial charge in [-0.3, -0.25) is 0 Å². The van der Waals surface area contributed by atoms with E-state index in [0.29, 0.717) is 0 Å². The predicted octanol–water partition coefficient (Wildman–Crippen LogP) is -17.2. The first-order chi connectivity index (χ1) is 20.4. The summed E-state index contributed by atoms with van der Waals surface area (Å²) in [6.45, 7) is 0. The molecule has 38 heteroatoms. The molecule has 5 aromatic rings. The maximum atomic E-state index is 8.49. The quantitative estimate of drug-likeness (QED) is 0.0908. The van der Waals surface area contributed by atoms with E-state index in [4.69, 9.17) is 65.9 Å². The molecular weight excluding hydrogens is 765 g/mol. The second-order valence-corrected chi connectivity index (χ2v) is 7.95. The summed E-state index contributed by atoms with van der Waals surface area (Å²) in [6.07, 6.45) is 0. The standard InChI is InChI=1S/5C2H5N5.2ClHO4.Cu.2H2O/c5*1-7-5-2(3)4-6-7;2*2-1(3,4)5;;;/h5*1H3,(H2,3,5);2*(H,2,3,4,5);;2*1H2/q;;;;;;;+2;;/p-2. The van der Waals surface area contributed by atoms with Gasteiger partial charge in [0.05, 0.1) is 35.2 Å². The van der Waals surface area contributed by atoms with Crippen molar-refractivity contribution in [1.82, 2.24) is 101 Å². The normalized spacial score (nSPS) is 9.27. The van der Waals surface area contributed by atoms with E-state index in [0.717, 1.165) is 0 Å². The summed E-state index contributed by atoms with van der Waals surface area (Å²) in [5, 5.41) is 52.1. The predicted molar refractivity (Wildman–Crippen MR) is 123 cm³/mol. The smallest absolute Gasteiger partial charge is 0.412 e. The van der Waals surface area contributed by atoms with Gasteiger partial charge >= 0.3 is 17.1 Å². The molecule has 0 bridgehead atoms. The molecular formula is C10H29Cl2CuN25O10. The molecule has 0 spiro atoms. The number of anilines is 5. The topological polar surface area (TPSA) is 596 Å². The first kappa shape index (κ1) is 52.6. The summed E-state index contributed by atoms with van der Waals surface area (Å²) in [6, 6.07) is 0. The van der Waals surface area contributed by atoms with Crippen LogP contribution in [0.15, 0.2) is 0 Å². The van der Waals surface area contributed by atoms with E-state index in [-0.39, 0.29) is 57.8 Å². The summed E-state index contributed by atoms with van der Waals surface area (Å²) >= 11 is 0. The van der Waals surface area contributed by atoms with Crippen LogP contribution in [0, 0.1) is 20.5 Å². The van der Waals surface area contributed by atoms with E-state index in [1.165, 1.54) is 24.0 Å². The Morgan fingerprint density at radius 1 is 0.375 bits per heavy atom. The van der Waals surface area contributed by atoms with Gasteiger partial charge in [0.25, 0.3) is 29.7 Å². The molecule has 0 atom stereocenters. The Kier molecular flexibility index (Phi) is 28.6. The van der Waals surface area contributed by atoms with E-state index < -0.39 is 20.5 Å². The third-order valence-corrected chi connectivity index (χ3v) is 2.62. The fourth-order valence-electron chi connectivity index (χ4n) is 1.49. The average molecular weight is 794 g/mol. The Morgan fingerprint density at radius 3 is 0.500 bits per heavy atom. The van der Waals surface area contributed by atoms with Crippen molar-refractivity contribution in [1.29, 1.82) is 0 Å². The van der Waals surface area contributed by atoms with Crippen LogP contribution in [0.3, 0.4) is 0 Å². The van der Waals surface area contributed by atoms with Crippen LogP contribution < -0.4 is 65.9 Å². The summed E-state index contributed by atoms with van der Waals surface area (Å²) < 4.78 is 67.9. The van der Waals surface area contributed by atoms with Crippen molar-refractivity contribution in [2.75, 3.05) is 28.7 Å². The molecule has 279 valence electrons. The molecule has 5 aromatic heterocycles. The zero-order valence-corrected chi connectivity index (χ0v) is 27.1. The molecule has 0 saturated heterocycles. The Morgan fingerprint density at radius 2 is 0.479 bits per heavy atom. The van der Waals surface area contributed by atoms with E-state index >= 15 is 0 Å². The van der Waals surface area contributed by atoms with Gasteiger partial charge in [-0.15, -0.1) is 46.0 Å². The minimum atomic E-state index is -4.94. The Balaban J connectivity index is -0.000000149. The molecule has 14 N–H and O–H groups in total. The number of halogens is 2. The number of aromatic nitrogens is 20. The second-order valence-electron chi connectivity index (χ2n) is 6.44. The first-order valence-corrected chi connectivity index (χ1v) is 12.6. The summed E-state index contributed by atoms with van der Waals surface area (Å²) in [5.74, 6) is 1.05. The van der Waals surface area contributed by atoms with Crippen molar-refractivity contribution in [3.63, 3.8) is 0 Å². The van der Waals surface area contributed by atoms with Gasteiger partial charge in [-0.1, -0.05) is 25.5 Å². The van der Waals surface area contributed by atoms with Crippen LogP contribution in [0.25, 0.3) is 0 Å². The van der Waals surface area contributed by atoms with E-state index in [1.807, 2.05) is 0 Å². The molecule has 0 saturated carbocycles. The van der Waals surface area contributed by atoms with Crippen LogP contribution >= 0.6 is 0 Å². The first-order valence-electron chi connectivity index (χ1n) is 10.1. The van der Waals surface area contributed by atoms with Gasteiger partial charge in [0.1, 0.15) is 0 Å². The van der Waals surface area contributed by atoms with Crippen molar-refractivity contribution >= 4 is 29.7 Å². The number of nitrogens with two attached hydrogens (primary N) is 5. The molecule has 0 aliphatic rings. The second kappa shape index (κ2) is 26.2. The molecule has 0 unspecified atom stereocenters. The molecule has 1 radical (unpaired) electrons. The van der Waals surface area contributed by atoms with Crippen molar-refractivity contribution in [3.8, 4) is 0 Å². The molecule has 48 heavy (non-hydrogen) atoms. The van der Waals surface area contributed by atoms with Gasteiger partial charge in [0, 0.05) is 0 Å². The molecule has 5 heterocycles. The number of rotatable bonds is 0. The average Bonchev–Trinajstić information content (AvgIpc) is 3.68. The van der Waals surface area contributed by atoms with Crippen molar-refractivity contribution in [2.24, 2.45) is 35.2 Å². The molecule has 0 aliphatic heterocycles. The zero-order chi connectivity index (χ0) is 35.4. The minimum Gasteiger partial charge on any atom is -0.412 e. The Hall–Kier alpha value is -4.95. The maximum absolute atomic E-state index is 8.49. The third-order valence-electron chi connectivity index (χ3n) is 2.62. The van der Waals surface area contributed by atoms with Crippen molar-refractivity contribution < 1.29 is 85.8 Å². The van der Waals surface area contributed by atoms with Crippen molar-refractivity contribution in [3.05, 3.63) is 0 Å². The SMILES string of the molecule is Cn1nnc(N)n1.Cn1nnc(N)n1.Cn1nnc(N)n1.Cn1nnc(N)n1.Cn1nnc(N)n1.O.O.[Cu+2].[O-][Cl+3]([O-])([O-])[O-].[O-][Cl+3]([O-])([O-])[O-]. The van der Waals surface area contributed by atoms with Crippen LogP contribution in [0.4, 0.5) is 29.7 Å². The van der Waals surface area contributed by atoms with Gasteiger partial charge in [-0.2, -0.15) is 24.0 Å². The maximum Gasteiger partial charge on any atom is 2.00 e. The summed E-state index contributed by atoms with van der Waals surface area (Å²) in [5.41, 5.74) is 25.4. The van der Waals surface area contributed by atoms with Gasteiger partial charge < -0.3 is 39.6 Å². The van der Waals surface area contributed by atoms with Crippen molar-refractivity contribution in [2.45, 2.75) is 0 Å². The number of nitrogen functional groups attached to an aromatic ring is 5. The third kappa shape index (κ3) is 41.0. The van der Waals surface area contributed by atoms with E-state index in [2.05, 4.69) is 77.1 Å². The van der Waals surface area contributed by atoms with Crippen LogP contribution in [0.5, 0.6) is 0 Å². The molecule has 5 rings (SSSR count). The number of tetrazole rings is 5. The Bertz CT molecular complexity index is 1120. The van der Waals surface area contributed by atoms with Crippen LogP contribution in [0.1, 0.15) is 0 Å². The number of hydrogen-bond donors (Lipinski definition) is 5. The monoisotopic (exact) mass is 792 g/mol. The molecule has 0 amide bonds. The van der Waals surface area contributed by atoms with Gasteiger partial charge in [0.2, 0.25) is 0 Å². The number of aryl methyl sites for hydroxylation is 5. The summed E-state index contributed by atoms with van der Waals surface area (Å²) in [7, 11) is -1.61. The van der Waals surface area contributed by atoms with E-state index in [1.54, 1.807) is 35.2 Å². The van der Waals surface area contributed by atoms with Gasteiger partial charge in [-0.05, 0) is 26.1 Å². The number of nitrogens with zero attached hydrogens (tertiary/aromatic N) is 20. The molecule has 0 aromatic carbocycles. The fraction of sp³-hybridized carbons (Fsp3) is 0.500. The Labute approximate surface area is 280 Å². The van der Waals surface area contributed by atoms with Crippen LogP contribution in [-0.4, -0.2) is 112 Å². The number of hydrogen-bond acceptors (Lipinski definition) is 28. The van der Waals surface area contributed by atoms with Gasteiger partial charge in [0.15, 0.2) is 0 Å². The zero-order valence-electron chi connectivity index (χ0n) is 24.7. The largest absolute Gasteiger partial charge is 2.00 e. The fourth-order valence-corrected chi connectivity index (χ4v) is 1.49. The van der Waals surface area contributed by atoms with Crippen LogP contribution in [-0.2, 0) is 52.3 Å². The molecule has 0 aliphatic carbocycles. The minimum absolute atomic E-state index is 0. The summed E-state index contributed by atoms with van der Waals surface area (Å²) in [4.78, 5) is 6.50. The molecule has 35 nitrogen and oxygen atoms in total. The van der Waals surface area contributed by atoms with Crippen LogP contribution in [0.2, 0.25) is 0 Å². The molecule has 0 fully saturated rings.